The highest BCUT2D eigenvalue weighted by Gasteiger charge is 1.75. The van der Waals surface area contributed by atoms with Gasteiger partial charge in [0.25, 0.3) is 0 Å². The summed E-state index contributed by atoms with van der Waals surface area (Å²) < 4.78 is 0. The van der Waals surface area contributed by atoms with Crippen LogP contribution in [0.15, 0.2) is 6.07 Å². The van der Waals surface area contributed by atoms with E-state index in [2.05, 4.69) is 23.3 Å². The molecule has 33 valence electrons. The van der Waals surface area contributed by atoms with Crippen molar-refractivity contribution in [2.75, 3.05) is 0 Å². The van der Waals surface area contributed by atoms with Gasteiger partial charge in [-0.25, -0.2) is 0 Å². The first kappa shape index (κ1) is 4.31. The first-order valence-corrected chi connectivity index (χ1v) is 2.02. The largest absolute Gasteiger partial charge is 0.251 e. The van der Waals surface area contributed by atoms with Crippen LogP contribution in [0.3, 0.4) is 0 Å². The summed E-state index contributed by atoms with van der Waals surface area (Å²) in [6, 6.07) is 7.05. The molecule has 0 amide bonds. The third-order valence-corrected chi connectivity index (χ3v) is 0.641. The van der Waals surface area contributed by atoms with Gasteiger partial charge >= 0.3 is 0 Å². The summed E-state index contributed by atoms with van der Waals surface area (Å²) >= 11 is 0. The van der Waals surface area contributed by atoms with E-state index in [1.807, 2.05) is 6.92 Å². The summed E-state index contributed by atoms with van der Waals surface area (Å²) in [7, 11) is 0. The zero-order valence-electron chi connectivity index (χ0n) is 4.02. The van der Waals surface area contributed by atoms with Crippen LogP contribution in [-0.2, 0) is 0 Å². The number of hydrogen-bond donors (Lipinski definition) is 0. The molecule has 0 atom stereocenters. The van der Waals surface area contributed by atoms with E-state index in [1.165, 1.54) is 0 Å². The van der Waals surface area contributed by atoms with Gasteiger partial charge in [0.05, 0.1) is 6.20 Å². The van der Waals surface area contributed by atoms with Crippen LogP contribution >= 0.6 is 0 Å². The van der Waals surface area contributed by atoms with Crippen molar-refractivity contribution >= 4 is 0 Å². The molecular formula is C6H4N. The van der Waals surface area contributed by atoms with Crippen LogP contribution in [0.4, 0.5) is 0 Å². The topological polar surface area (TPSA) is 12.9 Å². The molecule has 0 fully saturated rings. The summed E-state index contributed by atoms with van der Waals surface area (Å²) in [4.78, 5) is 3.77. The van der Waals surface area contributed by atoms with Gasteiger partial charge in [0.1, 0.15) is 0 Å². The highest BCUT2D eigenvalue weighted by atomic mass is 14.6. The van der Waals surface area contributed by atoms with Crippen LogP contribution in [0.2, 0.25) is 0 Å². The SMILES string of the molecule is Cc1c[c][c][c]n1. The molecule has 0 spiro atoms. The zero-order chi connectivity index (χ0) is 5.11. The lowest BCUT2D eigenvalue weighted by molar-refractivity contribution is 1.18. The molecule has 0 saturated heterocycles. The second kappa shape index (κ2) is 1.73. The minimum Gasteiger partial charge on any atom is -0.251 e. The molecule has 7 heavy (non-hydrogen) atoms. The van der Waals surface area contributed by atoms with Gasteiger partial charge in [-0.2, -0.15) is 0 Å². The predicted molar refractivity (Wildman–Crippen MR) is 25.5 cm³/mol. The molecule has 1 rings (SSSR count). The van der Waals surface area contributed by atoms with Crippen molar-refractivity contribution in [2.45, 2.75) is 6.92 Å². The van der Waals surface area contributed by atoms with E-state index in [1.54, 1.807) is 6.07 Å². The van der Waals surface area contributed by atoms with Crippen molar-refractivity contribution < 1.29 is 0 Å². The second-order valence-electron chi connectivity index (χ2n) is 1.28. The third kappa shape index (κ3) is 1.000. The average Bonchev–Trinajstić information content (AvgIpc) is 1.69. The van der Waals surface area contributed by atoms with Gasteiger partial charge in [-0.1, -0.05) is 0 Å². The van der Waals surface area contributed by atoms with Crippen molar-refractivity contribution in [3.63, 3.8) is 0 Å². The zero-order valence-corrected chi connectivity index (χ0v) is 4.02. The van der Waals surface area contributed by atoms with E-state index in [9.17, 15) is 0 Å². The highest BCUT2D eigenvalue weighted by molar-refractivity contribution is 4.96. The molecule has 1 heterocycles. The van der Waals surface area contributed by atoms with E-state index in [4.69, 9.17) is 0 Å². The molecule has 0 aliphatic carbocycles. The maximum absolute atomic E-state index is 3.77. The summed E-state index contributed by atoms with van der Waals surface area (Å²) in [6.45, 7) is 1.89. The Kier molecular flexibility index (Phi) is 1.07. The Morgan fingerprint density at radius 3 is 2.86 bits per heavy atom. The van der Waals surface area contributed by atoms with Crippen LogP contribution in [0.1, 0.15) is 5.69 Å². The quantitative estimate of drug-likeness (QED) is 0.459. The third-order valence-electron chi connectivity index (χ3n) is 0.641. The molecule has 0 saturated carbocycles. The molecule has 0 unspecified atom stereocenters. The Labute approximate surface area is 43.0 Å². The molecule has 0 aliphatic heterocycles. The van der Waals surface area contributed by atoms with E-state index in [0.717, 1.165) is 5.69 Å². The lowest BCUT2D eigenvalue weighted by Crippen LogP contribution is -1.74. The Morgan fingerprint density at radius 2 is 2.57 bits per heavy atom. The monoisotopic (exact) mass is 90.0 g/mol. The first-order valence-electron chi connectivity index (χ1n) is 2.02. The van der Waals surface area contributed by atoms with Gasteiger partial charge in [-0.3, -0.25) is 4.98 Å². The Morgan fingerprint density at radius 1 is 1.71 bits per heavy atom. The number of nitrogens with zero attached hydrogens (tertiary/aromatic N) is 1. The number of aryl methyl sites for hydroxylation is 1. The smallest absolute Gasteiger partial charge is 0.0981 e. The highest BCUT2D eigenvalue weighted by Crippen LogP contribution is 1.83. The lowest BCUT2D eigenvalue weighted by atomic mass is 10.4. The molecule has 1 aromatic heterocycles. The lowest BCUT2D eigenvalue weighted by Gasteiger charge is -1.80. The van der Waals surface area contributed by atoms with E-state index >= 15 is 0 Å². The normalized spacial score (nSPS) is 8.71. The summed E-state index contributed by atoms with van der Waals surface area (Å²) in [5.74, 6) is 0. The van der Waals surface area contributed by atoms with Crippen LogP contribution in [0, 0.1) is 25.3 Å². The molecule has 3 radical (unpaired) electrons. The number of hydrogen-bond acceptors (Lipinski definition) is 1. The Balaban J connectivity index is 3.02. The van der Waals surface area contributed by atoms with E-state index < -0.39 is 0 Å². The number of pyridine rings is 1. The number of rotatable bonds is 0. The van der Waals surface area contributed by atoms with Crippen molar-refractivity contribution in [3.05, 3.63) is 30.1 Å². The molecule has 0 N–H and O–H groups in total. The first-order chi connectivity index (χ1) is 3.39. The second-order valence-corrected chi connectivity index (χ2v) is 1.28. The fraction of sp³-hybridized carbons (Fsp3) is 0.167. The van der Waals surface area contributed by atoms with Crippen LogP contribution in [0.5, 0.6) is 0 Å². The molecule has 1 aromatic rings. The Bertz CT molecular complexity index is 134. The number of aromatic nitrogens is 1. The van der Waals surface area contributed by atoms with Gasteiger partial charge < -0.3 is 0 Å². The van der Waals surface area contributed by atoms with Crippen LogP contribution in [0.25, 0.3) is 0 Å². The minimum atomic E-state index is 0.929. The van der Waals surface area contributed by atoms with Gasteiger partial charge in [-0.15, -0.1) is 0 Å². The minimum absolute atomic E-state index is 0.929. The van der Waals surface area contributed by atoms with Gasteiger partial charge in [0, 0.05) is 11.8 Å². The fourth-order valence-corrected chi connectivity index (χ4v) is 0.321. The fourth-order valence-electron chi connectivity index (χ4n) is 0.321. The average molecular weight is 90.1 g/mol. The van der Waals surface area contributed by atoms with Crippen molar-refractivity contribution in [2.24, 2.45) is 0 Å². The summed E-state index contributed by atoms with van der Waals surface area (Å²) in [5, 5.41) is 0. The predicted octanol–water partition coefficient (Wildman–Crippen LogP) is 0.791. The standard InChI is InChI=1S/C6H4N/c1-6-4-2-3-5-7-6/h4H,1H3. The molecule has 0 aliphatic rings. The molecule has 0 bridgehead atoms. The summed E-state index contributed by atoms with van der Waals surface area (Å²) in [5.41, 5.74) is 0.929. The Hall–Kier alpha value is -0.850. The van der Waals surface area contributed by atoms with Gasteiger partial charge in [0.2, 0.25) is 0 Å². The van der Waals surface area contributed by atoms with Gasteiger partial charge in [0.15, 0.2) is 0 Å². The van der Waals surface area contributed by atoms with Gasteiger partial charge in [-0.05, 0) is 19.1 Å². The molecule has 1 nitrogen and oxygen atoms in total. The van der Waals surface area contributed by atoms with Crippen molar-refractivity contribution in [1.82, 2.24) is 4.98 Å². The molecular weight excluding hydrogens is 86.1 g/mol. The van der Waals surface area contributed by atoms with Crippen molar-refractivity contribution in [1.29, 1.82) is 0 Å². The van der Waals surface area contributed by atoms with E-state index in [0.29, 0.717) is 0 Å². The van der Waals surface area contributed by atoms with Crippen molar-refractivity contribution in [3.8, 4) is 0 Å². The van der Waals surface area contributed by atoms with Crippen LogP contribution in [-0.4, -0.2) is 4.98 Å². The van der Waals surface area contributed by atoms with Crippen LogP contribution < -0.4 is 0 Å². The van der Waals surface area contributed by atoms with E-state index in [-0.39, 0.29) is 0 Å². The maximum atomic E-state index is 3.77. The summed E-state index contributed by atoms with van der Waals surface area (Å²) in [6.07, 6.45) is 2.53. The maximum Gasteiger partial charge on any atom is 0.0981 e. The molecule has 0 aromatic carbocycles. The molecule has 1 heteroatoms.